The minimum absolute atomic E-state index is 0.0285. The molecule has 5 heterocycles. The van der Waals surface area contributed by atoms with Crippen LogP contribution in [0.5, 0.6) is 5.88 Å². The summed E-state index contributed by atoms with van der Waals surface area (Å²) in [5.41, 5.74) is 3.00. The molecule has 5 aromatic rings. The maximum Gasteiger partial charge on any atom is 0.471 e. The first kappa shape index (κ1) is 29.6. The lowest BCUT2D eigenvalue weighted by molar-refractivity contribution is -0.159. The lowest BCUT2D eigenvalue weighted by Gasteiger charge is -2.32. The second kappa shape index (κ2) is 12.4. The Labute approximate surface area is 261 Å². The van der Waals surface area contributed by atoms with E-state index in [0.29, 0.717) is 47.3 Å². The van der Waals surface area contributed by atoms with E-state index < -0.39 is 12.1 Å². The van der Waals surface area contributed by atoms with Crippen molar-refractivity contribution in [1.29, 1.82) is 0 Å². The normalized spacial score (nSPS) is 17.9. The van der Waals surface area contributed by atoms with E-state index in [4.69, 9.17) is 26.1 Å². The van der Waals surface area contributed by atoms with Crippen molar-refractivity contribution in [1.82, 2.24) is 34.6 Å². The van der Waals surface area contributed by atoms with Gasteiger partial charge in [0.05, 0.1) is 30.2 Å². The first-order valence-corrected chi connectivity index (χ1v) is 15.1. The molecular weight excluding hydrogens is 611 g/mol. The van der Waals surface area contributed by atoms with Gasteiger partial charge in [0.1, 0.15) is 17.8 Å². The molecule has 2 aliphatic heterocycles. The van der Waals surface area contributed by atoms with Crippen LogP contribution in [0.1, 0.15) is 42.4 Å². The largest absolute Gasteiger partial charge is 0.474 e. The summed E-state index contributed by atoms with van der Waals surface area (Å²) >= 11 is 6.00. The van der Waals surface area contributed by atoms with Gasteiger partial charge in [0, 0.05) is 49.0 Å². The molecule has 14 heteroatoms. The van der Waals surface area contributed by atoms with Crippen molar-refractivity contribution in [2.45, 2.75) is 57.2 Å². The molecule has 0 aliphatic carbocycles. The van der Waals surface area contributed by atoms with Crippen LogP contribution in [-0.2, 0) is 30.4 Å². The molecule has 7 rings (SSSR count). The van der Waals surface area contributed by atoms with Crippen LogP contribution in [0.4, 0.5) is 13.2 Å². The molecule has 45 heavy (non-hydrogen) atoms. The van der Waals surface area contributed by atoms with Crippen LogP contribution in [-0.4, -0.2) is 66.5 Å². The molecule has 0 amide bonds. The predicted molar refractivity (Wildman–Crippen MR) is 158 cm³/mol. The van der Waals surface area contributed by atoms with Gasteiger partial charge in [-0.3, -0.25) is 4.90 Å². The summed E-state index contributed by atoms with van der Waals surface area (Å²) in [6.45, 7) is 3.62. The lowest BCUT2D eigenvalue weighted by atomic mass is 10.1. The third-order valence-electron chi connectivity index (χ3n) is 8.08. The fraction of sp³-hybridized carbons (Fsp3) is 0.387. The van der Waals surface area contributed by atoms with E-state index in [-0.39, 0.29) is 18.0 Å². The summed E-state index contributed by atoms with van der Waals surface area (Å²) in [4.78, 5) is 19.8. The van der Waals surface area contributed by atoms with Crippen molar-refractivity contribution in [2.75, 3.05) is 19.7 Å². The summed E-state index contributed by atoms with van der Waals surface area (Å²) in [7, 11) is 0. The molecule has 10 nitrogen and oxygen atoms in total. The summed E-state index contributed by atoms with van der Waals surface area (Å²) < 4.78 is 57.5. The molecule has 2 aromatic carbocycles. The fourth-order valence-electron chi connectivity index (χ4n) is 5.60. The second-order valence-electron chi connectivity index (χ2n) is 11.3. The maximum atomic E-state index is 13.0. The Hall–Kier alpha value is -4.07. The third kappa shape index (κ3) is 6.80. The van der Waals surface area contributed by atoms with E-state index in [9.17, 15) is 13.2 Å². The molecule has 234 valence electrons. The standard InChI is InChI=1S/C31H29ClF3N7O3/c32-21-4-1-19(2-5-21)15-26-36-11-7-28(38-26)44-22-8-12-41(13-9-22)18-27-37-24-16-20(29-39-30(45-40-29)31(33,34)35)3-6-25(24)42(27)17-23-10-14-43-23/h1-7,11,16,22-23H,8-10,12-15,17-18H2/t23-/m0/s1. The Morgan fingerprint density at radius 3 is 2.49 bits per heavy atom. The van der Waals surface area contributed by atoms with Crippen molar-refractivity contribution in [3.05, 3.63) is 82.9 Å². The zero-order chi connectivity index (χ0) is 31.0. The van der Waals surface area contributed by atoms with Gasteiger partial charge in [-0.1, -0.05) is 28.9 Å². The number of fused-ring (bicyclic) bond motifs is 1. The fourth-order valence-corrected chi connectivity index (χ4v) is 5.73. The number of alkyl halides is 3. The SMILES string of the molecule is FC(F)(F)c1nc(-c2ccc3c(c2)nc(CN2CCC(Oc4ccnc(Cc5ccc(Cl)cc5)n4)CC2)n3C[C@@H]2CCO2)no1. The van der Waals surface area contributed by atoms with Crippen molar-refractivity contribution >= 4 is 22.6 Å². The number of nitrogens with zero attached hydrogens (tertiary/aromatic N) is 7. The van der Waals surface area contributed by atoms with Gasteiger partial charge in [0.25, 0.3) is 0 Å². The number of rotatable bonds is 9. The average Bonchev–Trinajstić information content (AvgIpc) is 3.63. The van der Waals surface area contributed by atoms with Gasteiger partial charge in [0.2, 0.25) is 11.7 Å². The first-order chi connectivity index (χ1) is 21.8. The first-order valence-electron chi connectivity index (χ1n) is 14.7. The van der Waals surface area contributed by atoms with Gasteiger partial charge in [-0.15, -0.1) is 0 Å². The van der Waals surface area contributed by atoms with E-state index in [1.165, 1.54) is 0 Å². The van der Waals surface area contributed by atoms with Crippen LogP contribution in [0.25, 0.3) is 22.4 Å². The highest BCUT2D eigenvalue weighted by Crippen LogP contribution is 2.31. The monoisotopic (exact) mass is 639 g/mol. The van der Waals surface area contributed by atoms with Gasteiger partial charge in [0.15, 0.2) is 0 Å². The van der Waals surface area contributed by atoms with Crippen LogP contribution in [0.2, 0.25) is 5.02 Å². The van der Waals surface area contributed by atoms with E-state index in [1.807, 2.05) is 30.3 Å². The number of halogens is 4. The molecule has 0 spiro atoms. The van der Waals surface area contributed by atoms with Crippen molar-refractivity contribution in [2.24, 2.45) is 0 Å². The van der Waals surface area contributed by atoms with E-state index in [1.54, 1.807) is 24.4 Å². The van der Waals surface area contributed by atoms with Crippen LogP contribution in [0.3, 0.4) is 0 Å². The molecule has 0 bridgehead atoms. The van der Waals surface area contributed by atoms with Crippen molar-refractivity contribution in [3.63, 3.8) is 0 Å². The van der Waals surface area contributed by atoms with E-state index in [2.05, 4.69) is 34.1 Å². The number of hydrogen-bond donors (Lipinski definition) is 0. The van der Waals surface area contributed by atoms with Crippen LogP contribution >= 0.6 is 11.6 Å². The van der Waals surface area contributed by atoms with Gasteiger partial charge in [-0.25, -0.2) is 9.97 Å². The van der Waals surface area contributed by atoms with Crippen LogP contribution in [0.15, 0.2) is 59.3 Å². The number of ether oxygens (including phenoxy) is 2. The summed E-state index contributed by atoms with van der Waals surface area (Å²) in [6, 6.07) is 14.6. The number of benzene rings is 2. The van der Waals surface area contributed by atoms with Crippen molar-refractivity contribution in [3.8, 4) is 17.3 Å². The summed E-state index contributed by atoms with van der Waals surface area (Å²) in [5.74, 6) is 0.602. The smallest absolute Gasteiger partial charge is 0.471 e. The minimum Gasteiger partial charge on any atom is -0.474 e. The minimum atomic E-state index is -4.71. The van der Waals surface area contributed by atoms with Gasteiger partial charge >= 0.3 is 12.1 Å². The zero-order valence-electron chi connectivity index (χ0n) is 24.1. The lowest BCUT2D eigenvalue weighted by Crippen LogP contribution is -2.39. The molecule has 3 aromatic heterocycles. The Morgan fingerprint density at radius 2 is 1.78 bits per heavy atom. The molecule has 0 radical (unpaired) electrons. The number of aromatic nitrogens is 6. The molecule has 0 saturated carbocycles. The third-order valence-corrected chi connectivity index (χ3v) is 8.33. The van der Waals surface area contributed by atoms with E-state index >= 15 is 0 Å². The molecule has 0 unspecified atom stereocenters. The zero-order valence-corrected chi connectivity index (χ0v) is 24.8. The number of hydrogen-bond acceptors (Lipinski definition) is 9. The molecule has 1 atom stereocenters. The molecule has 2 saturated heterocycles. The highest BCUT2D eigenvalue weighted by Gasteiger charge is 2.38. The Balaban J connectivity index is 1.02. The van der Waals surface area contributed by atoms with Crippen LogP contribution in [0, 0.1) is 0 Å². The predicted octanol–water partition coefficient (Wildman–Crippen LogP) is 5.97. The summed E-state index contributed by atoms with van der Waals surface area (Å²) in [5, 5.41) is 4.21. The number of piperidine rings is 1. The van der Waals surface area contributed by atoms with Gasteiger partial charge < -0.3 is 18.6 Å². The molecule has 0 N–H and O–H groups in total. The molecule has 2 aliphatic rings. The number of likely N-dealkylation sites (tertiary alicyclic amines) is 1. The average molecular weight is 640 g/mol. The highest BCUT2D eigenvalue weighted by molar-refractivity contribution is 6.30. The quantitative estimate of drug-likeness (QED) is 0.193. The Bertz CT molecular complexity index is 1780. The number of imidazole rings is 1. The highest BCUT2D eigenvalue weighted by atomic mass is 35.5. The second-order valence-corrected chi connectivity index (χ2v) is 11.7. The van der Waals surface area contributed by atoms with E-state index in [0.717, 1.165) is 55.9 Å². The van der Waals surface area contributed by atoms with Gasteiger partial charge in [-0.05, 0) is 55.2 Å². The molecule has 2 fully saturated rings. The Morgan fingerprint density at radius 1 is 0.978 bits per heavy atom. The van der Waals surface area contributed by atoms with Crippen LogP contribution < -0.4 is 4.74 Å². The topological polar surface area (TPSA) is 104 Å². The maximum absolute atomic E-state index is 13.0. The Kier molecular flexibility index (Phi) is 8.15. The summed E-state index contributed by atoms with van der Waals surface area (Å²) in [6.07, 6.45) is 0.348. The molecular formula is C31H29ClF3N7O3. The van der Waals surface area contributed by atoms with Gasteiger partial charge in [-0.2, -0.15) is 23.1 Å². The van der Waals surface area contributed by atoms with Crippen molar-refractivity contribution < 1.29 is 27.2 Å².